The highest BCUT2D eigenvalue weighted by Gasteiger charge is 2.22. The van der Waals surface area contributed by atoms with Crippen LogP contribution >= 0.6 is 0 Å². The van der Waals surface area contributed by atoms with Gasteiger partial charge < -0.3 is 4.57 Å². The van der Waals surface area contributed by atoms with Gasteiger partial charge in [0.2, 0.25) is 0 Å². The van der Waals surface area contributed by atoms with Crippen molar-refractivity contribution in [2.75, 3.05) is 0 Å². The molecule has 0 radical (unpaired) electrons. The summed E-state index contributed by atoms with van der Waals surface area (Å²) in [5, 5.41) is 9.43. The summed E-state index contributed by atoms with van der Waals surface area (Å²) in [4.78, 5) is 20.1. The van der Waals surface area contributed by atoms with E-state index in [-0.39, 0.29) is 0 Å². The quantitative estimate of drug-likeness (QED) is 0.176. The minimum absolute atomic E-state index is 0.631. The van der Waals surface area contributed by atoms with Gasteiger partial charge in [0.1, 0.15) is 5.82 Å². The molecule has 0 bridgehead atoms. The summed E-state index contributed by atoms with van der Waals surface area (Å²) in [6.45, 7) is 0. The zero-order valence-corrected chi connectivity index (χ0v) is 31.2. The maximum absolute atomic E-state index is 5.12. The van der Waals surface area contributed by atoms with Crippen LogP contribution in [-0.2, 0) is 0 Å². The van der Waals surface area contributed by atoms with Crippen LogP contribution in [0.1, 0.15) is 0 Å². The van der Waals surface area contributed by atoms with Crippen LogP contribution in [0.5, 0.6) is 0 Å². The lowest BCUT2D eigenvalue weighted by Gasteiger charge is -2.15. The number of benzene rings is 8. The normalized spacial score (nSPS) is 11.8. The molecule has 0 saturated carbocycles. The van der Waals surface area contributed by atoms with Gasteiger partial charge in [0, 0.05) is 49.8 Å². The van der Waals surface area contributed by atoms with Crippen molar-refractivity contribution < 1.29 is 0 Å². The number of nitrogens with zero attached hydrogens (tertiary/aromatic N) is 6. The highest BCUT2D eigenvalue weighted by Crippen LogP contribution is 2.43. The Morgan fingerprint density at radius 2 is 0.983 bits per heavy atom. The molecular formula is C52H32N6. The van der Waals surface area contributed by atoms with Crippen LogP contribution in [0.2, 0.25) is 0 Å². The molecule has 270 valence electrons. The SMILES string of the molecule is c1ccc(-c2nc(-c3ccccc3)nc(-c3cccc4c(-n5c6ccccc6c6cc7c8c9ccccc9ccc8n(-c8ccccn8)c7cc65)cccc34)n2)cc1. The molecule has 0 saturated heterocycles. The predicted molar refractivity (Wildman–Crippen MR) is 238 cm³/mol. The zero-order valence-electron chi connectivity index (χ0n) is 31.2. The molecule has 6 nitrogen and oxygen atoms in total. The molecule has 0 unspecified atom stereocenters. The molecule has 8 aromatic carbocycles. The molecule has 0 N–H and O–H groups in total. The van der Waals surface area contributed by atoms with E-state index in [1.807, 2.05) is 72.9 Å². The predicted octanol–water partition coefficient (Wildman–Crippen LogP) is 12.8. The van der Waals surface area contributed by atoms with E-state index < -0.39 is 0 Å². The van der Waals surface area contributed by atoms with Gasteiger partial charge in [0.25, 0.3) is 0 Å². The van der Waals surface area contributed by atoms with Crippen molar-refractivity contribution in [3.05, 3.63) is 194 Å². The number of hydrogen-bond donors (Lipinski definition) is 0. The van der Waals surface area contributed by atoms with E-state index in [9.17, 15) is 0 Å². The van der Waals surface area contributed by atoms with E-state index in [0.29, 0.717) is 17.5 Å². The number of para-hydroxylation sites is 1. The van der Waals surface area contributed by atoms with Gasteiger partial charge in [0.15, 0.2) is 17.5 Å². The van der Waals surface area contributed by atoms with E-state index in [1.54, 1.807) is 0 Å². The van der Waals surface area contributed by atoms with Crippen molar-refractivity contribution >= 4 is 65.2 Å². The minimum atomic E-state index is 0.631. The molecule has 6 heteroatoms. The van der Waals surface area contributed by atoms with Crippen molar-refractivity contribution in [2.24, 2.45) is 0 Å². The Bertz CT molecular complexity index is 3500. The molecule has 0 spiro atoms. The second-order valence-corrected chi connectivity index (χ2v) is 14.7. The van der Waals surface area contributed by atoms with Crippen molar-refractivity contribution in [3.63, 3.8) is 0 Å². The Morgan fingerprint density at radius 1 is 0.345 bits per heavy atom. The van der Waals surface area contributed by atoms with Crippen LogP contribution in [0.25, 0.3) is 111 Å². The van der Waals surface area contributed by atoms with Crippen LogP contribution in [0.15, 0.2) is 194 Å². The number of pyridine rings is 1. The second-order valence-electron chi connectivity index (χ2n) is 14.7. The Balaban J connectivity index is 1.14. The van der Waals surface area contributed by atoms with Crippen molar-refractivity contribution in [1.82, 2.24) is 29.1 Å². The van der Waals surface area contributed by atoms with Crippen LogP contribution in [0.4, 0.5) is 0 Å². The standard InChI is InChI=1S/C52H32N6/c1-3-16-34(17-4-1)50-54-51(35-18-5-2-6-19-35)56-52(55-50)40-24-13-23-38-37(40)22-14-26-44(38)57-43-25-10-9-21-39(43)41-31-42-47(32-46(41)57)58(48-27-11-12-30-53-48)45-29-28-33-15-7-8-20-36(33)49(42)45/h1-32H. The molecule has 4 aromatic heterocycles. The molecule has 0 aliphatic carbocycles. The summed E-state index contributed by atoms with van der Waals surface area (Å²) in [6, 6.07) is 66.0. The van der Waals surface area contributed by atoms with Crippen LogP contribution in [-0.4, -0.2) is 29.1 Å². The monoisotopic (exact) mass is 740 g/mol. The first-order valence-electron chi connectivity index (χ1n) is 19.5. The molecule has 0 fully saturated rings. The molecule has 0 aliphatic heterocycles. The number of hydrogen-bond acceptors (Lipinski definition) is 4. The molecular weight excluding hydrogens is 709 g/mol. The molecule has 4 heterocycles. The van der Waals surface area contributed by atoms with Gasteiger partial charge in [-0.25, -0.2) is 19.9 Å². The van der Waals surface area contributed by atoms with Crippen molar-refractivity contribution in [1.29, 1.82) is 0 Å². The zero-order chi connectivity index (χ0) is 38.2. The second kappa shape index (κ2) is 12.8. The maximum atomic E-state index is 5.12. The third kappa shape index (κ3) is 4.92. The fourth-order valence-corrected chi connectivity index (χ4v) is 8.85. The largest absolute Gasteiger partial charge is 0.309 e. The summed E-state index contributed by atoms with van der Waals surface area (Å²) in [5.74, 6) is 2.79. The lowest BCUT2D eigenvalue weighted by Crippen LogP contribution is -2.01. The molecule has 0 amide bonds. The fraction of sp³-hybridized carbons (Fsp3) is 0. The Morgan fingerprint density at radius 3 is 1.76 bits per heavy atom. The Labute approximate surface area is 333 Å². The fourth-order valence-electron chi connectivity index (χ4n) is 8.85. The van der Waals surface area contributed by atoms with Crippen molar-refractivity contribution in [3.8, 4) is 45.7 Å². The van der Waals surface area contributed by atoms with E-state index in [4.69, 9.17) is 19.9 Å². The van der Waals surface area contributed by atoms with Crippen LogP contribution < -0.4 is 0 Å². The van der Waals surface area contributed by atoms with Crippen molar-refractivity contribution in [2.45, 2.75) is 0 Å². The number of aromatic nitrogens is 6. The Kier molecular flexibility index (Phi) is 7.13. The third-order valence-electron chi connectivity index (χ3n) is 11.4. The van der Waals surface area contributed by atoms with E-state index in [1.165, 1.54) is 32.3 Å². The summed E-state index contributed by atoms with van der Waals surface area (Å²) in [7, 11) is 0. The summed E-state index contributed by atoms with van der Waals surface area (Å²) in [5.41, 5.74) is 8.41. The number of rotatable bonds is 5. The van der Waals surface area contributed by atoms with E-state index in [2.05, 4.69) is 130 Å². The molecule has 0 aliphatic rings. The van der Waals surface area contributed by atoms with Gasteiger partial charge in [-0.05, 0) is 58.6 Å². The van der Waals surface area contributed by atoms with Gasteiger partial charge in [-0.15, -0.1) is 0 Å². The maximum Gasteiger partial charge on any atom is 0.164 e. The van der Waals surface area contributed by atoms with Crippen LogP contribution in [0.3, 0.4) is 0 Å². The smallest absolute Gasteiger partial charge is 0.164 e. The first-order chi connectivity index (χ1) is 28.8. The average Bonchev–Trinajstić information content (AvgIpc) is 3.80. The molecule has 58 heavy (non-hydrogen) atoms. The van der Waals surface area contributed by atoms with Gasteiger partial charge in [0.05, 0.1) is 27.8 Å². The van der Waals surface area contributed by atoms with Gasteiger partial charge in [-0.2, -0.15) is 0 Å². The molecule has 12 aromatic rings. The highest BCUT2D eigenvalue weighted by molar-refractivity contribution is 6.25. The lowest BCUT2D eigenvalue weighted by atomic mass is 10.0. The summed E-state index contributed by atoms with van der Waals surface area (Å²) >= 11 is 0. The highest BCUT2D eigenvalue weighted by atomic mass is 15.1. The van der Waals surface area contributed by atoms with Gasteiger partial charge in [-0.1, -0.05) is 146 Å². The van der Waals surface area contributed by atoms with Gasteiger partial charge >= 0.3 is 0 Å². The number of fused-ring (bicyclic) bond motifs is 9. The summed E-state index contributed by atoms with van der Waals surface area (Å²) < 4.78 is 4.74. The summed E-state index contributed by atoms with van der Waals surface area (Å²) in [6.07, 6.45) is 1.87. The van der Waals surface area contributed by atoms with E-state index >= 15 is 0 Å². The first-order valence-corrected chi connectivity index (χ1v) is 19.5. The third-order valence-corrected chi connectivity index (χ3v) is 11.4. The topological polar surface area (TPSA) is 61.4 Å². The molecule has 12 rings (SSSR count). The van der Waals surface area contributed by atoms with Crippen LogP contribution in [0, 0.1) is 0 Å². The first kappa shape index (κ1) is 32.3. The minimum Gasteiger partial charge on any atom is -0.309 e. The van der Waals surface area contributed by atoms with Gasteiger partial charge in [-0.3, -0.25) is 4.57 Å². The molecule has 0 atom stereocenters. The lowest BCUT2D eigenvalue weighted by molar-refractivity contribution is 1.08. The van der Waals surface area contributed by atoms with E-state index in [0.717, 1.165) is 61.0 Å². The average molecular weight is 741 g/mol. The Hall–Kier alpha value is -7.96.